The maximum Gasteiger partial charge on any atom is 0.343 e. The van der Waals surface area contributed by atoms with Gasteiger partial charge in [-0.1, -0.05) is 43.3 Å². The Kier molecular flexibility index (Phi) is 5.49. The standard InChI is InChI=1S/C21H20O5/c1-3-17-14(2)18(25-19(22)15-10-6-4-7-11-15)21(24-17)26-20(23)16-12-8-5-9-13-16/h4-13,17,21H,3H2,1-2H3/t17-,21?/m0/s1. The van der Waals surface area contributed by atoms with Crippen molar-refractivity contribution in [3.05, 3.63) is 83.1 Å². The number of benzene rings is 2. The lowest BCUT2D eigenvalue weighted by Crippen LogP contribution is -2.24. The van der Waals surface area contributed by atoms with E-state index in [0.29, 0.717) is 17.5 Å². The highest BCUT2D eigenvalue weighted by Gasteiger charge is 2.37. The fourth-order valence-corrected chi connectivity index (χ4v) is 2.74. The molecule has 0 amide bonds. The summed E-state index contributed by atoms with van der Waals surface area (Å²) < 4.78 is 16.8. The summed E-state index contributed by atoms with van der Waals surface area (Å²) in [6.07, 6.45) is -0.625. The minimum absolute atomic E-state index is 0.245. The van der Waals surface area contributed by atoms with Gasteiger partial charge >= 0.3 is 11.9 Å². The van der Waals surface area contributed by atoms with Crippen LogP contribution in [0.15, 0.2) is 72.0 Å². The van der Waals surface area contributed by atoms with Gasteiger partial charge in [-0.25, -0.2) is 9.59 Å². The molecule has 134 valence electrons. The van der Waals surface area contributed by atoms with Gasteiger partial charge in [0.05, 0.1) is 17.2 Å². The Morgan fingerprint density at radius 2 is 1.46 bits per heavy atom. The molecule has 0 N–H and O–H groups in total. The second-order valence-corrected chi connectivity index (χ2v) is 5.94. The van der Waals surface area contributed by atoms with Gasteiger partial charge in [0, 0.05) is 5.57 Å². The number of esters is 2. The molecule has 0 fully saturated rings. The van der Waals surface area contributed by atoms with E-state index in [9.17, 15) is 9.59 Å². The van der Waals surface area contributed by atoms with Crippen molar-refractivity contribution in [1.82, 2.24) is 0 Å². The van der Waals surface area contributed by atoms with Crippen molar-refractivity contribution in [3.8, 4) is 0 Å². The van der Waals surface area contributed by atoms with Crippen LogP contribution in [0.5, 0.6) is 0 Å². The predicted molar refractivity (Wildman–Crippen MR) is 95.4 cm³/mol. The first kappa shape index (κ1) is 17.9. The van der Waals surface area contributed by atoms with Crippen LogP contribution in [0.2, 0.25) is 0 Å². The summed E-state index contributed by atoms with van der Waals surface area (Å²) in [6, 6.07) is 17.3. The molecule has 0 aliphatic carbocycles. The molecular weight excluding hydrogens is 332 g/mol. The summed E-state index contributed by atoms with van der Waals surface area (Å²) in [4.78, 5) is 24.7. The van der Waals surface area contributed by atoms with Crippen molar-refractivity contribution in [3.63, 3.8) is 0 Å². The van der Waals surface area contributed by atoms with Gasteiger partial charge in [0.1, 0.15) is 0 Å². The molecule has 3 rings (SSSR count). The lowest BCUT2D eigenvalue weighted by atomic mass is 10.1. The highest BCUT2D eigenvalue weighted by molar-refractivity contribution is 5.91. The van der Waals surface area contributed by atoms with Crippen LogP contribution in [0, 0.1) is 0 Å². The zero-order valence-corrected chi connectivity index (χ0v) is 14.7. The second-order valence-electron chi connectivity index (χ2n) is 5.94. The summed E-state index contributed by atoms with van der Waals surface area (Å²) in [5.74, 6) is -0.801. The fourth-order valence-electron chi connectivity index (χ4n) is 2.74. The van der Waals surface area contributed by atoms with Gasteiger partial charge < -0.3 is 14.2 Å². The number of rotatable bonds is 5. The van der Waals surface area contributed by atoms with Gasteiger partial charge in [-0.2, -0.15) is 0 Å². The van der Waals surface area contributed by atoms with E-state index in [2.05, 4.69) is 0 Å². The van der Waals surface area contributed by atoms with Gasteiger partial charge in [-0.3, -0.25) is 0 Å². The SMILES string of the molecule is CC[C@@H]1OC(OC(=O)c2ccccc2)C(OC(=O)c2ccccc2)=C1C. The number of hydrogen-bond donors (Lipinski definition) is 0. The number of carbonyl (C=O) groups is 2. The Morgan fingerprint density at radius 3 is 2.00 bits per heavy atom. The van der Waals surface area contributed by atoms with Crippen LogP contribution < -0.4 is 0 Å². The molecule has 1 aliphatic rings. The normalized spacial score (nSPS) is 19.3. The highest BCUT2D eigenvalue weighted by Crippen LogP contribution is 2.31. The molecule has 1 unspecified atom stereocenters. The second kappa shape index (κ2) is 7.97. The number of hydrogen-bond acceptors (Lipinski definition) is 5. The Balaban J connectivity index is 1.78. The molecule has 1 aliphatic heterocycles. The van der Waals surface area contributed by atoms with Crippen molar-refractivity contribution < 1.29 is 23.8 Å². The minimum atomic E-state index is -1.04. The third-order valence-electron chi connectivity index (χ3n) is 4.18. The van der Waals surface area contributed by atoms with E-state index < -0.39 is 18.2 Å². The summed E-state index contributed by atoms with van der Waals surface area (Å²) >= 11 is 0. The monoisotopic (exact) mass is 352 g/mol. The molecule has 0 saturated carbocycles. The average molecular weight is 352 g/mol. The molecule has 2 aromatic rings. The molecule has 0 radical (unpaired) electrons. The van der Waals surface area contributed by atoms with Crippen molar-refractivity contribution in [1.29, 1.82) is 0 Å². The lowest BCUT2D eigenvalue weighted by Gasteiger charge is -2.16. The van der Waals surface area contributed by atoms with Crippen molar-refractivity contribution >= 4 is 11.9 Å². The predicted octanol–water partition coefficient (Wildman–Crippen LogP) is 4.11. The van der Waals surface area contributed by atoms with Crippen LogP contribution in [0.4, 0.5) is 0 Å². The first-order chi connectivity index (χ1) is 12.6. The Morgan fingerprint density at radius 1 is 0.923 bits per heavy atom. The van der Waals surface area contributed by atoms with E-state index in [1.807, 2.05) is 26.0 Å². The van der Waals surface area contributed by atoms with E-state index in [1.54, 1.807) is 48.5 Å². The van der Waals surface area contributed by atoms with Crippen LogP contribution in [-0.2, 0) is 14.2 Å². The van der Waals surface area contributed by atoms with E-state index in [1.165, 1.54) is 0 Å². The zero-order valence-electron chi connectivity index (χ0n) is 14.7. The van der Waals surface area contributed by atoms with Crippen molar-refractivity contribution in [2.24, 2.45) is 0 Å². The molecule has 2 atom stereocenters. The quantitative estimate of drug-likeness (QED) is 0.758. The van der Waals surface area contributed by atoms with Gasteiger partial charge in [0.25, 0.3) is 6.29 Å². The van der Waals surface area contributed by atoms with E-state index in [-0.39, 0.29) is 11.9 Å². The molecule has 0 spiro atoms. The molecule has 5 heteroatoms. The van der Waals surface area contributed by atoms with Gasteiger partial charge in [0.2, 0.25) is 0 Å². The van der Waals surface area contributed by atoms with Crippen molar-refractivity contribution in [2.75, 3.05) is 0 Å². The molecule has 1 heterocycles. The molecule has 0 bridgehead atoms. The Bertz CT molecular complexity index is 811. The van der Waals surface area contributed by atoms with Crippen molar-refractivity contribution in [2.45, 2.75) is 32.7 Å². The fraction of sp³-hybridized carbons (Fsp3) is 0.238. The minimum Gasteiger partial charge on any atom is -0.424 e. The summed E-state index contributed by atoms with van der Waals surface area (Å²) in [6.45, 7) is 3.77. The van der Waals surface area contributed by atoms with Crippen LogP contribution >= 0.6 is 0 Å². The van der Waals surface area contributed by atoms with Crippen LogP contribution in [0.3, 0.4) is 0 Å². The number of ether oxygens (including phenoxy) is 3. The summed E-state index contributed by atoms with van der Waals surface area (Å²) in [5.41, 5.74) is 1.57. The molecule has 0 saturated heterocycles. The first-order valence-electron chi connectivity index (χ1n) is 8.49. The Hall–Kier alpha value is -2.92. The number of carbonyl (C=O) groups excluding carboxylic acids is 2. The third kappa shape index (κ3) is 3.83. The van der Waals surface area contributed by atoms with E-state index >= 15 is 0 Å². The summed E-state index contributed by atoms with van der Waals surface area (Å²) in [5, 5.41) is 0. The molecule has 0 aromatic heterocycles. The largest absolute Gasteiger partial charge is 0.424 e. The van der Waals surface area contributed by atoms with Crippen LogP contribution in [0.1, 0.15) is 41.0 Å². The molecule has 2 aromatic carbocycles. The van der Waals surface area contributed by atoms with Gasteiger partial charge in [-0.05, 0) is 37.6 Å². The Labute approximate surface area is 152 Å². The van der Waals surface area contributed by atoms with Crippen LogP contribution in [-0.4, -0.2) is 24.3 Å². The maximum absolute atomic E-state index is 12.4. The van der Waals surface area contributed by atoms with E-state index in [0.717, 1.165) is 5.57 Å². The van der Waals surface area contributed by atoms with Gasteiger partial charge in [0.15, 0.2) is 5.76 Å². The highest BCUT2D eigenvalue weighted by atomic mass is 16.7. The maximum atomic E-state index is 12.4. The topological polar surface area (TPSA) is 61.8 Å². The molecule has 26 heavy (non-hydrogen) atoms. The lowest BCUT2D eigenvalue weighted by molar-refractivity contribution is -0.108. The molecular formula is C21H20O5. The van der Waals surface area contributed by atoms with Gasteiger partial charge in [-0.15, -0.1) is 0 Å². The van der Waals surface area contributed by atoms with Crippen LogP contribution in [0.25, 0.3) is 0 Å². The smallest absolute Gasteiger partial charge is 0.343 e. The average Bonchev–Trinajstić information content (AvgIpc) is 2.98. The summed E-state index contributed by atoms with van der Waals surface area (Å²) in [7, 11) is 0. The zero-order chi connectivity index (χ0) is 18.5. The third-order valence-corrected chi connectivity index (χ3v) is 4.18. The van der Waals surface area contributed by atoms with E-state index in [4.69, 9.17) is 14.2 Å². The first-order valence-corrected chi connectivity index (χ1v) is 8.49. The molecule has 5 nitrogen and oxygen atoms in total.